The lowest BCUT2D eigenvalue weighted by atomic mass is 10.2. The zero-order valence-electron chi connectivity index (χ0n) is 9.05. The van der Waals surface area contributed by atoms with E-state index in [0.717, 1.165) is 11.3 Å². The normalized spacial score (nSPS) is 9.35. The molecule has 2 aromatic rings. The lowest BCUT2D eigenvalue weighted by molar-refractivity contribution is 1.48. The molecular weight excluding hydrogens is 228 g/mol. The topological polar surface area (TPSA) is 35.8 Å². The van der Waals surface area contributed by atoms with Gasteiger partial charge in [0, 0.05) is 11.3 Å². The SMILES string of the molecule is N#Cc1ccc(NC(=S)c2ccccc2)cc1. The minimum absolute atomic E-state index is 0.640. The maximum absolute atomic E-state index is 8.69. The van der Waals surface area contributed by atoms with Crippen LogP contribution in [0.5, 0.6) is 0 Å². The van der Waals surface area contributed by atoms with Gasteiger partial charge in [-0.05, 0) is 24.3 Å². The van der Waals surface area contributed by atoms with Crippen molar-refractivity contribution in [1.82, 2.24) is 0 Å². The summed E-state index contributed by atoms with van der Waals surface area (Å²) >= 11 is 5.29. The van der Waals surface area contributed by atoms with Crippen LogP contribution in [0, 0.1) is 11.3 Å². The number of nitrogens with one attached hydrogen (secondary N) is 1. The van der Waals surface area contributed by atoms with Gasteiger partial charge in [0.1, 0.15) is 4.99 Å². The number of hydrogen-bond donors (Lipinski definition) is 1. The third kappa shape index (κ3) is 2.90. The summed E-state index contributed by atoms with van der Waals surface area (Å²) in [7, 11) is 0. The number of anilines is 1. The Kier molecular flexibility index (Phi) is 3.49. The molecule has 0 unspecified atom stereocenters. The molecule has 0 heterocycles. The molecule has 3 heteroatoms. The second-order valence-electron chi connectivity index (χ2n) is 3.51. The van der Waals surface area contributed by atoms with Crippen LogP contribution in [0.1, 0.15) is 11.1 Å². The highest BCUT2D eigenvalue weighted by molar-refractivity contribution is 7.81. The third-order valence-corrected chi connectivity index (χ3v) is 2.65. The van der Waals surface area contributed by atoms with Crippen LogP contribution >= 0.6 is 12.2 Å². The van der Waals surface area contributed by atoms with Gasteiger partial charge in [0.25, 0.3) is 0 Å². The van der Waals surface area contributed by atoms with Gasteiger partial charge in [-0.2, -0.15) is 5.26 Å². The quantitative estimate of drug-likeness (QED) is 0.815. The lowest BCUT2D eigenvalue weighted by Crippen LogP contribution is -2.09. The molecule has 0 amide bonds. The van der Waals surface area contributed by atoms with Gasteiger partial charge >= 0.3 is 0 Å². The predicted octanol–water partition coefficient (Wildman–Crippen LogP) is 3.35. The summed E-state index contributed by atoms with van der Waals surface area (Å²) in [4.78, 5) is 0.676. The summed E-state index contributed by atoms with van der Waals surface area (Å²) in [5.41, 5.74) is 2.51. The number of thiocarbonyl (C=S) groups is 1. The second-order valence-corrected chi connectivity index (χ2v) is 3.92. The molecule has 2 aromatic carbocycles. The Bertz CT molecular complexity index is 553. The van der Waals surface area contributed by atoms with Crippen LogP contribution in [0.15, 0.2) is 54.6 Å². The molecule has 0 aliphatic carbocycles. The maximum Gasteiger partial charge on any atom is 0.110 e. The van der Waals surface area contributed by atoms with Crippen molar-refractivity contribution in [2.24, 2.45) is 0 Å². The summed E-state index contributed by atoms with van der Waals surface area (Å²) in [6.45, 7) is 0. The minimum atomic E-state index is 0.640. The van der Waals surface area contributed by atoms with Crippen LogP contribution in [-0.4, -0.2) is 4.99 Å². The van der Waals surface area contributed by atoms with Gasteiger partial charge in [0.05, 0.1) is 11.6 Å². The molecular formula is C14H10N2S. The molecule has 0 spiro atoms. The van der Waals surface area contributed by atoms with Crippen LogP contribution in [0.4, 0.5) is 5.69 Å². The highest BCUT2D eigenvalue weighted by atomic mass is 32.1. The van der Waals surface area contributed by atoms with Gasteiger partial charge in [-0.3, -0.25) is 0 Å². The highest BCUT2D eigenvalue weighted by Crippen LogP contribution is 2.11. The number of nitriles is 1. The Morgan fingerprint density at radius 1 is 1.00 bits per heavy atom. The van der Waals surface area contributed by atoms with Crippen molar-refractivity contribution in [3.05, 3.63) is 65.7 Å². The number of nitrogens with zero attached hydrogens (tertiary/aromatic N) is 1. The van der Waals surface area contributed by atoms with Gasteiger partial charge in [0.2, 0.25) is 0 Å². The van der Waals surface area contributed by atoms with Crippen molar-refractivity contribution < 1.29 is 0 Å². The first-order valence-corrected chi connectivity index (χ1v) is 5.57. The first-order chi connectivity index (χ1) is 8.29. The first kappa shape index (κ1) is 11.3. The molecule has 82 valence electrons. The summed E-state index contributed by atoms with van der Waals surface area (Å²) < 4.78 is 0. The van der Waals surface area contributed by atoms with E-state index in [9.17, 15) is 0 Å². The van der Waals surface area contributed by atoms with Crippen molar-refractivity contribution in [2.75, 3.05) is 5.32 Å². The second kappa shape index (κ2) is 5.24. The molecule has 0 radical (unpaired) electrons. The fourth-order valence-electron chi connectivity index (χ4n) is 1.42. The van der Waals surface area contributed by atoms with Crippen LogP contribution in [0.3, 0.4) is 0 Å². The summed E-state index contributed by atoms with van der Waals surface area (Å²) in [6.07, 6.45) is 0. The van der Waals surface area contributed by atoms with E-state index in [1.807, 2.05) is 42.5 Å². The Hall–Kier alpha value is -2.18. The van der Waals surface area contributed by atoms with E-state index in [1.54, 1.807) is 12.1 Å². The lowest BCUT2D eigenvalue weighted by Gasteiger charge is -2.07. The first-order valence-electron chi connectivity index (χ1n) is 5.16. The van der Waals surface area contributed by atoms with E-state index in [2.05, 4.69) is 11.4 Å². The standard InChI is InChI=1S/C14H10N2S/c15-10-11-6-8-13(9-7-11)16-14(17)12-4-2-1-3-5-12/h1-9H,(H,16,17). The molecule has 0 bridgehead atoms. The van der Waals surface area contributed by atoms with Crippen molar-refractivity contribution in [2.45, 2.75) is 0 Å². The van der Waals surface area contributed by atoms with Crippen molar-refractivity contribution in [1.29, 1.82) is 5.26 Å². The van der Waals surface area contributed by atoms with Crippen molar-refractivity contribution in [3.8, 4) is 6.07 Å². The number of benzene rings is 2. The summed E-state index contributed by atoms with van der Waals surface area (Å²) in [5, 5.41) is 11.8. The average molecular weight is 238 g/mol. The maximum atomic E-state index is 8.69. The van der Waals surface area contributed by atoms with Gasteiger partial charge < -0.3 is 5.32 Å². The predicted molar refractivity (Wildman–Crippen MR) is 72.9 cm³/mol. The molecule has 1 N–H and O–H groups in total. The Balaban J connectivity index is 2.11. The molecule has 0 saturated heterocycles. The van der Waals surface area contributed by atoms with E-state index in [4.69, 9.17) is 17.5 Å². The molecule has 2 nitrogen and oxygen atoms in total. The zero-order valence-corrected chi connectivity index (χ0v) is 9.87. The van der Waals surface area contributed by atoms with E-state index < -0.39 is 0 Å². The molecule has 0 fully saturated rings. The van der Waals surface area contributed by atoms with Crippen LogP contribution in [0.2, 0.25) is 0 Å². The Labute approximate surface area is 106 Å². The van der Waals surface area contributed by atoms with E-state index in [-0.39, 0.29) is 0 Å². The van der Waals surface area contributed by atoms with E-state index >= 15 is 0 Å². The van der Waals surface area contributed by atoms with Gasteiger partial charge in [0.15, 0.2) is 0 Å². The van der Waals surface area contributed by atoms with E-state index in [1.165, 1.54) is 0 Å². The molecule has 0 saturated carbocycles. The Morgan fingerprint density at radius 3 is 2.24 bits per heavy atom. The summed E-state index contributed by atoms with van der Waals surface area (Å²) in [5.74, 6) is 0. The van der Waals surface area contributed by atoms with Gasteiger partial charge in [-0.25, -0.2) is 0 Å². The number of rotatable bonds is 2. The molecule has 2 rings (SSSR count). The zero-order chi connectivity index (χ0) is 12.1. The fourth-order valence-corrected chi connectivity index (χ4v) is 1.67. The van der Waals surface area contributed by atoms with Gasteiger partial charge in [-0.1, -0.05) is 42.5 Å². The summed E-state index contributed by atoms with van der Waals surface area (Å²) in [6, 6.07) is 19.0. The van der Waals surface area contributed by atoms with Crippen LogP contribution < -0.4 is 5.32 Å². The monoisotopic (exact) mass is 238 g/mol. The van der Waals surface area contributed by atoms with Crippen molar-refractivity contribution in [3.63, 3.8) is 0 Å². The molecule has 0 aromatic heterocycles. The smallest absolute Gasteiger partial charge is 0.110 e. The fraction of sp³-hybridized carbons (Fsp3) is 0. The van der Waals surface area contributed by atoms with Crippen LogP contribution in [0.25, 0.3) is 0 Å². The van der Waals surface area contributed by atoms with Gasteiger partial charge in [-0.15, -0.1) is 0 Å². The molecule has 0 aliphatic heterocycles. The minimum Gasteiger partial charge on any atom is -0.346 e. The highest BCUT2D eigenvalue weighted by Gasteiger charge is 2.00. The molecule has 0 atom stereocenters. The Morgan fingerprint density at radius 2 is 1.65 bits per heavy atom. The van der Waals surface area contributed by atoms with E-state index in [0.29, 0.717) is 10.6 Å². The largest absolute Gasteiger partial charge is 0.346 e. The average Bonchev–Trinajstić information content (AvgIpc) is 2.40. The van der Waals surface area contributed by atoms with Crippen LogP contribution in [-0.2, 0) is 0 Å². The third-order valence-electron chi connectivity index (χ3n) is 2.31. The molecule has 17 heavy (non-hydrogen) atoms. The molecule has 0 aliphatic rings. The number of hydrogen-bond acceptors (Lipinski definition) is 2. The van der Waals surface area contributed by atoms with Crippen molar-refractivity contribution >= 4 is 22.9 Å².